The second-order valence-corrected chi connectivity index (χ2v) is 21.7. The molecule has 0 atom stereocenters. The number of hydrogen-bond acceptors (Lipinski definition) is 4. The van der Waals surface area contributed by atoms with Crippen molar-refractivity contribution in [1.82, 2.24) is 9.55 Å². The summed E-state index contributed by atoms with van der Waals surface area (Å²) in [5.74, 6) is 5.04. The van der Waals surface area contributed by atoms with Crippen LogP contribution in [-0.2, 0) is 26.5 Å². The summed E-state index contributed by atoms with van der Waals surface area (Å²) in [6.07, 6.45) is 8.72. The van der Waals surface area contributed by atoms with Crippen LogP contribution in [-0.4, -0.2) is 9.55 Å². The number of para-hydroxylation sites is 4. The Morgan fingerprint density at radius 1 is 0.506 bits per heavy atom. The van der Waals surface area contributed by atoms with Crippen molar-refractivity contribution in [2.45, 2.75) is 44.4 Å². The van der Waals surface area contributed by atoms with Gasteiger partial charge in [0.1, 0.15) is 5.82 Å². The van der Waals surface area contributed by atoms with E-state index in [0.717, 1.165) is 95.6 Å². The monoisotopic (exact) mass is 1170 g/mol. The Labute approximate surface area is 465 Å². The minimum Gasteiger partial charge on any atom is -0.509 e. The summed E-state index contributed by atoms with van der Waals surface area (Å²) in [6.45, 7) is 4.42. The van der Waals surface area contributed by atoms with E-state index < -0.39 is 0 Å². The molecule has 3 heterocycles. The van der Waals surface area contributed by atoms with Gasteiger partial charge in [-0.05, 0) is 126 Å². The molecule has 4 saturated carbocycles. The Bertz CT molecular complexity index is 3900. The fourth-order valence-corrected chi connectivity index (χ4v) is 14.5. The Morgan fingerprint density at radius 2 is 1.12 bits per heavy atom. The molecule has 0 spiro atoms. The summed E-state index contributed by atoms with van der Waals surface area (Å²) in [7, 11) is 0. The Morgan fingerprint density at radius 3 is 1.79 bits per heavy atom. The van der Waals surface area contributed by atoms with Crippen LogP contribution in [0.1, 0.15) is 48.8 Å². The number of hydrogen-bond donors (Lipinski definition) is 0. The van der Waals surface area contributed by atoms with Gasteiger partial charge >= 0.3 is 0 Å². The molecule has 77 heavy (non-hydrogen) atoms. The van der Waals surface area contributed by atoms with Crippen LogP contribution < -0.4 is 14.5 Å². The van der Waals surface area contributed by atoms with Gasteiger partial charge in [0.25, 0.3) is 0 Å². The molecular formula is C71H55N4OPt-3. The molecule has 16 rings (SSSR count). The van der Waals surface area contributed by atoms with E-state index in [-0.39, 0.29) is 26.5 Å². The summed E-state index contributed by atoms with van der Waals surface area (Å²) >= 11 is 0. The largest absolute Gasteiger partial charge is 0.509 e. The van der Waals surface area contributed by atoms with Gasteiger partial charge in [-0.3, -0.25) is 0 Å². The van der Waals surface area contributed by atoms with Crippen LogP contribution in [0.5, 0.6) is 11.5 Å². The van der Waals surface area contributed by atoms with E-state index in [9.17, 15) is 0 Å². The molecule has 4 fully saturated rings. The van der Waals surface area contributed by atoms with Crippen molar-refractivity contribution in [3.63, 3.8) is 0 Å². The molecule has 2 aromatic heterocycles. The van der Waals surface area contributed by atoms with E-state index in [0.29, 0.717) is 23.3 Å². The van der Waals surface area contributed by atoms with Crippen LogP contribution in [0.4, 0.5) is 22.7 Å². The molecule has 4 aliphatic carbocycles. The van der Waals surface area contributed by atoms with E-state index in [4.69, 9.17) is 9.72 Å². The maximum Gasteiger partial charge on any atom is 0.135 e. The van der Waals surface area contributed by atoms with E-state index in [1.165, 1.54) is 48.8 Å². The van der Waals surface area contributed by atoms with Crippen molar-refractivity contribution in [2.75, 3.05) is 9.80 Å². The van der Waals surface area contributed by atoms with E-state index in [1.807, 2.05) is 0 Å². The molecule has 0 N–H and O–H groups in total. The molecule has 11 aromatic rings. The second-order valence-electron chi connectivity index (χ2n) is 21.7. The first-order chi connectivity index (χ1) is 37.5. The average Bonchev–Trinajstić information content (AvgIpc) is 4.16. The molecule has 4 bridgehead atoms. The molecule has 0 saturated heterocycles. The van der Waals surface area contributed by atoms with Crippen LogP contribution in [0.3, 0.4) is 0 Å². The molecule has 0 amide bonds. The third-order valence-electron chi connectivity index (χ3n) is 17.5. The van der Waals surface area contributed by atoms with Crippen molar-refractivity contribution in [1.29, 1.82) is 0 Å². The maximum absolute atomic E-state index is 7.06. The number of pyridine rings is 1. The summed E-state index contributed by atoms with van der Waals surface area (Å²) in [6, 6.07) is 86.3. The average molecular weight is 1180 g/mol. The molecule has 1 aliphatic heterocycles. The molecule has 0 radical (unpaired) electrons. The van der Waals surface area contributed by atoms with Gasteiger partial charge in [0.2, 0.25) is 0 Å². The van der Waals surface area contributed by atoms with Crippen molar-refractivity contribution >= 4 is 44.6 Å². The number of fused-ring (bicyclic) bond motifs is 4. The van der Waals surface area contributed by atoms with E-state index in [1.54, 1.807) is 0 Å². The van der Waals surface area contributed by atoms with E-state index >= 15 is 0 Å². The van der Waals surface area contributed by atoms with Crippen LogP contribution in [0, 0.1) is 49.4 Å². The van der Waals surface area contributed by atoms with E-state index in [2.05, 4.69) is 265 Å². The quantitative estimate of drug-likeness (QED) is 0.128. The van der Waals surface area contributed by atoms with Gasteiger partial charge < -0.3 is 19.1 Å². The van der Waals surface area contributed by atoms with Gasteiger partial charge in [-0.2, -0.15) is 6.07 Å². The fourth-order valence-electron chi connectivity index (χ4n) is 14.5. The first-order valence-electron chi connectivity index (χ1n) is 27.1. The number of anilines is 4. The normalized spacial score (nSPS) is 20.1. The van der Waals surface area contributed by atoms with Gasteiger partial charge in [0.15, 0.2) is 0 Å². The molecular weight excluding hydrogens is 1120 g/mol. The zero-order valence-electron chi connectivity index (χ0n) is 42.8. The van der Waals surface area contributed by atoms with Gasteiger partial charge in [-0.25, -0.2) is 4.98 Å². The summed E-state index contributed by atoms with van der Waals surface area (Å²) in [5, 5.41) is 2.27. The third-order valence-corrected chi connectivity index (χ3v) is 17.5. The number of aromatic nitrogens is 2. The summed E-state index contributed by atoms with van der Waals surface area (Å²) in [5.41, 5.74) is 16.9. The number of aryl methyl sites for hydroxylation is 1. The number of benzene rings is 9. The molecule has 9 aromatic carbocycles. The Hall–Kier alpha value is -7.98. The minimum absolute atomic E-state index is 0. The van der Waals surface area contributed by atoms with Gasteiger partial charge in [-0.15, -0.1) is 53.6 Å². The van der Waals surface area contributed by atoms with Crippen molar-refractivity contribution in [3.8, 4) is 50.7 Å². The smallest absolute Gasteiger partial charge is 0.135 e. The van der Waals surface area contributed by atoms with Crippen LogP contribution in [0.25, 0.3) is 61.0 Å². The standard InChI is InChI=1S/C71H55N4O.Pt/c1-47-28-30-54(31-29-47)71(56-37-48-36-49(39-56)40-57(71)38-48)55-34-35-72-69(43-55)75-65-25-12-11-22-63(65)64-33-32-59(45-68(64)75)76-60-42-53(50-16-5-2-6-17-50)41-58(44-60)73-46-74(67-27-14-13-26-66(67)73)70-61(51-18-7-3-8-19-51)23-15-24-62(70)52-20-9-4-10-21-52;/h2-35,41-43,46,48-49,56-57H,36-40H2,1H3;/q-3;. The third kappa shape index (κ3) is 7.96. The predicted molar refractivity (Wildman–Crippen MR) is 310 cm³/mol. The molecule has 5 nitrogen and oxygen atoms in total. The fraction of sp³-hybridized carbons (Fsp3) is 0.155. The van der Waals surface area contributed by atoms with Crippen molar-refractivity contribution < 1.29 is 25.8 Å². The summed E-state index contributed by atoms with van der Waals surface area (Å²) < 4.78 is 9.37. The molecule has 6 heteroatoms. The zero-order chi connectivity index (χ0) is 50.3. The second kappa shape index (κ2) is 19.2. The summed E-state index contributed by atoms with van der Waals surface area (Å²) in [4.78, 5) is 9.82. The van der Waals surface area contributed by atoms with Crippen molar-refractivity contribution in [2.24, 2.45) is 23.7 Å². The molecule has 5 aliphatic rings. The first kappa shape index (κ1) is 47.5. The SMILES string of the molecule is Cc1ccc(C2(c3ccnc(-n4c5[c-]c(Oc6[c-]c(N7[CH-]N(c8c(-c9ccccc9)cccc8-c8ccccc8)c8ccccc87)cc(-c7ccccc7)c6)ccc5c5ccccc54)c3)C3CC4CC(C3)CC2C4)cc1.[Pt]. The maximum atomic E-state index is 7.06. The number of nitrogens with zero attached hydrogens (tertiary/aromatic N) is 4. The first-order valence-corrected chi connectivity index (χ1v) is 27.1. The minimum atomic E-state index is -0.0490. The predicted octanol–water partition coefficient (Wildman–Crippen LogP) is 18.0. The van der Waals surface area contributed by atoms with Crippen molar-refractivity contribution in [3.05, 3.63) is 260 Å². The van der Waals surface area contributed by atoms with Gasteiger partial charge in [0, 0.05) is 77.9 Å². The molecule has 0 unspecified atom stereocenters. The Balaban J connectivity index is 0.00000540. The zero-order valence-corrected chi connectivity index (χ0v) is 45.1. The van der Waals surface area contributed by atoms with Crippen LogP contribution >= 0.6 is 0 Å². The topological polar surface area (TPSA) is 33.5 Å². The van der Waals surface area contributed by atoms with Crippen LogP contribution in [0.15, 0.2) is 225 Å². The number of ether oxygens (including phenoxy) is 1. The number of rotatable bonds is 10. The Kier molecular flexibility index (Phi) is 11.9. The van der Waals surface area contributed by atoms with Crippen LogP contribution in [0.2, 0.25) is 0 Å². The van der Waals surface area contributed by atoms with Gasteiger partial charge in [-0.1, -0.05) is 175 Å². The van der Waals surface area contributed by atoms with Gasteiger partial charge in [0.05, 0.1) is 0 Å². The molecule has 378 valence electrons.